The Bertz CT molecular complexity index is 483. The van der Waals surface area contributed by atoms with Gasteiger partial charge < -0.3 is 36.4 Å². The summed E-state index contributed by atoms with van der Waals surface area (Å²) in [5.41, 5.74) is 0. The van der Waals surface area contributed by atoms with Gasteiger partial charge in [0.1, 0.15) is 18.4 Å². The molecular weight excluding hydrogens is 326 g/mol. The first-order valence-electron chi connectivity index (χ1n) is 6.83. The van der Waals surface area contributed by atoms with Gasteiger partial charge in [-0.05, 0) is 6.92 Å². The van der Waals surface area contributed by atoms with Gasteiger partial charge in [-0.15, -0.1) is 0 Å². The van der Waals surface area contributed by atoms with Crippen LogP contribution in [-0.4, -0.2) is 52.9 Å². The maximum absolute atomic E-state index is 12.1. The first-order chi connectivity index (χ1) is 9.06. The molecule has 2 N–H and O–H groups in total. The minimum atomic E-state index is -0.246. The third-order valence-electron chi connectivity index (χ3n) is 4.44. The summed E-state index contributed by atoms with van der Waals surface area (Å²) >= 11 is 0. The summed E-state index contributed by atoms with van der Waals surface area (Å²) < 4.78 is 5.63. The van der Waals surface area contributed by atoms with E-state index in [4.69, 9.17) is 4.52 Å². The smallest absolute Gasteiger partial charge is 0.280 e. The third-order valence-corrected chi connectivity index (χ3v) is 4.44. The number of aromatic nitrogens is 1. The maximum Gasteiger partial charge on any atom is 0.280 e. The number of halogens is 1. The van der Waals surface area contributed by atoms with Crippen LogP contribution in [0, 0.1) is 12.8 Å². The van der Waals surface area contributed by atoms with E-state index in [9.17, 15) is 9.90 Å². The molecule has 3 aliphatic rings. The second-order valence-electron chi connectivity index (χ2n) is 5.91. The molecular formula is C13H20BrN3O3. The van der Waals surface area contributed by atoms with Crippen LogP contribution in [0.5, 0.6) is 0 Å². The highest BCUT2D eigenvalue weighted by atomic mass is 79.9. The number of piperidine rings is 3. The number of carbonyl (C=O) groups is 1. The number of nitrogens with one attached hydrogen (secondary N) is 1. The van der Waals surface area contributed by atoms with E-state index in [1.807, 2.05) is 0 Å². The van der Waals surface area contributed by atoms with Crippen LogP contribution < -0.4 is 22.3 Å². The van der Waals surface area contributed by atoms with Gasteiger partial charge in [0.25, 0.3) is 5.91 Å². The molecule has 3 saturated heterocycles. The van der Waals surface area contributed by atoms with Crippen LogP contribution in [0.15, 0.2) is 10.6 Å². The molecule has 0 unspecified atom stereocenters. The Balaban J connectivity index is 0.00000147. The fourth-order valence-corrected chi connectivity index (χ4v) is 3.38. The van der Waals surface area contributed by atoms with Gasteiger partial charge >= 0.3 is 0 Å². The van der Waals surface area contributed by atoms with Crippen molar-refractivity contribution in [1.82, 2.24) is 5.16 Å². The molecule has 4 heterocycles. The van der Waals surface area contributed by atoms with Crippen LogP contribution in [0.1, 0.15) is 18.6 Å². The van der Waals surface area contributed by atoms with Gasteiger partial charge in [-0.3, -0.25) is 4.79 Å². The first kappa shape index (κ1) is 15.5. The molecule has 0 aliphatic carbocycles. The second kappa shape index (κ2) is 5.83. The molecule has 0 aromatic carbocycles. The van der Waals surface area contributed by atoms with E-state index in [2.05, 4.69) is 10.5 Å². The molecule has 1 aromatic heterocycles. The number of nitrogens with zero attached hydrogens (tertiary/aromatic N) is 2. The molecule has 20 heavy (non-hydrogen) atoms. The number of carbonyl (C=O) groups excluding carboxylic acids is 1. The highest BCUT2D eigenvalue weighted by molar-refractivity contribution is 5.90. The second-order valence-corrected chi connectivity index (χ2v) is 5.91. The van der Waals surface area contributed by atoms with Gasteiger partial charge in [-0.1, -0.05) is 5.16 Å². The number of aliphatic hydroxyl groups is 1. The quantitative estimate of drug-likeness (QED) is 0.595. The molecule has 3 aliphatic heterocycles. The summed E-state index contributed by atoms with van der Waals surface area (Å²) in [6, 6.07) is 1.70. The molecule has 0 radical (unpaired) electrons. The molecule has 4 rings (SSSR count). The number of amides is 1. The van der Waals surface area contributed by atoms with Gasteiger partial charge in [0, 0.05) is 24.8 Å². The standard InChI is InChI=1S/C13H19N3O3.BrH/c1-9-6-12(15-19-9)14-13(18)8-16-4-2-10(3-5-16)11(17)7-16;/h6,10-11,17H,2-5,7-8H2,1H3;1H/t10?,11-,16?;/m0./s1. The topological polar surface area (TPSA) is 75.4 Å². The molecule has 6 nitrogen and oxygen atoms in total. The number of aliphatic hydroxyl groups excluding tert-OH is 1. The van der Waals surface area contributed by atoms with E-state index in [0.29, 0.717) is 35.1 Å². The summed E-state index contributed by atoms with van der Waals surface area (Å²) in [6.07, 6.45) is 1.80. The molecule has 1 aromatic rings. The lowest BCUT2D eigenvalue weighted by molar-refractivity contribution is -0.939. The van der Waals surface area contributed by atoms with Crippen LogP contribution in [0.25, 0.3) is 0 Å². The highest BCUT2D eigenvalue weighted by Crippen LogP contribution is 2.33. The fraction of sp³-hybridized carbons (Fsp3) is 0.692. The van der Waals surface area contributed by atoms with Crippen molar-refractivity contribution in [3.63, 3.8) is 0 Å². The summed E-state index contributed by atoms with van der Waals surface area (Å²) in [5, 5.41) is 16.5. The lowest BCUT2D eigenvalue weighted by Gasteiger charge is -2.50. The van der Waals surface area contributed by atoms with Gasteiger partial charge in [0.05, 0.1) is 13.1 Å². The SMILES string of the molecule is Cc1cc(NC(=O)C[N+]23CCC(CC2)[C@@H](O)C3)no1.[Br-]. The first-order valence-corrected chi connectivity index (χ1v) is 6.83. The molecule has 3 fully saturated rings. The zero-order valence-corrected chi connectivity index (χ0v) is 13.1. The van der Waals surface area contributed by atoms with Crippen molar-refractivity contribution >= 4 is 11.7 Å². The van der Waals surface area contributed by atoms with Crippen molar-refractivity contribution in [1.29, 1.82) is 0 Å². The van der Waals surface area contributed by atoms with Crippen LogP contribution in [-0.2, 0) is 4.79 Å². The van der Waals surface area contributed by atoms with Gasteiger partial charge in [0.15, 0.2) is 12.4 Å². The molecule has 0 spiro atoms. The minimum Gasteiger partial charge on any atom is -1.00 e. The lowest BCUT2D eigenvalue weighted by atomic mass is 9.83. The van der Waals surface area contributed by atoms with Crippen LogP contribution in [0.4, 0.5) is 5.82 Å². The number of quaternary nitrogens is 1. The van der Waals surface area contributed by atoms with E-state index in [1.165, 1.54) is 0 Å². The van der Waals surface area contributed by atoms with E-state index in [-0.39, 0.29) is 29.0 Å². The zero-order chi connectivity index (χ0) is 13.5. The van der Waals surface area contributed by atoms with Crippen molar-refractivity contribution < 1.29 is 35.9 Å². The normalized spacial score (nSPS) is 31.7. The molecule has 1 amide bonds. The van der Waals surface area contributed by atoms with Gasteiger partial charge in [-0.2, -0.15) is 0 Å². The predicted octanol–water partition coefficient (Wildman–Crippen LogP) is -2.47. The summed E-state index contributed by atoms with van der Waals surface area (Å²) in [5.74, 6) is 1.53. The largest absolute Gasteiger partial charge is 1.00 e. The Morgan fingerprint density at radius 2 is 2.25 bits per heavy atom. The Labute approximate surface area is 128 Å². The third kappa shape index (κ3) is 3.05. The lowest BCUT2D eigenvalue weighted by Crippen LogP contribution is -3.00. The van der Waals surface area contributed by atoms with E-state index >= 15 is 0 Å². The fourth-order valence-electron chi connectivity index (χ4n) is 3.38. The Kier molecular flexibility index (Phi) is 4.51. The van der Waals surface area contributed by atoms with Crippen LogP contribution >= 0.6 is 0 Å². The molecule has 112 valence electrons. The van der Waals surface area contributed by atoms with Crippen molar-refractivity contribution in [2.75, 3.05) is 31.5 Å². The van der Waals surface area contributed by atoms with Crippen LogP contribution in [0.2, 0.25) is 0 Å². The summed E-state index contributed by atoms with van der Waals surface area (Å²) in [7, 11) is 0. The average molecular weight is 346 g/mol. The predicted molar refractivity (Wildman–Crippen MR) is 68.3 cm³/mol. The van der Waals surface area contributed by atoms with Crippen LogP contribution in [0.3, 0.4) is 0 Å². The Morgan fingerprint density at radius 3 is 2.80 bits per heavy atom. The average Bonchev–Trinajstić information content (AvgIpc) is 2.74. The molecule has 7 heteroatoms. The van der Waals surface area contributed by atoms with Crippen molar-refractivity contribution in [2.24, 2.45) is 5.92 Å². The van der Waals surface area contributed by atoms with Crippen molar-refractivity contribution in [3.05, 3.63) is 11.8 Å². The van der Waals surface area contributed by atoms with Crippen molar-refractivity contribution in [3.8, 4) is 0 Å². The maximum atomic E-state index is 12.1. The number of rotatable bonds is 3. The Morgan fingerprint density at radius 1 is 1.55 bits per heavy atom. The Hall–Kier alpha value is -0.920. The van der Waals surface area contributed by atoms with Crippen molar-refractivity contribution in [2.45, 2.75) is 25.9 Å². The molecule has 2 bridgehead atoms. The van der Waals surface area contributed by atoms with Gasteiger partial charge in [-0.25, -0.2) is 0 Å². The minimum absolute atomic E-state index is 0. The number of anilines is 1. The van der Waals surface area contributed by atoms with E-state index in [0.717, 1.165) is 25.9 Å². The number of hydrogen-bond acceptors (Lipinski definition) is 4. The summed E-state index contributed by atoms with van der Waals surface area (Å²) in [4.78, 5) is 12.1. The zero-order valence-electron chi connectivity index (χ0n) is 11.5. The molecule has 0 saturated carbocycles. The number of aryl methyl sites for hydroxylation is 1. The number of hydrogen-bond donors (Lipinski definition) is 2. The monoisotopic (exact) mass is 345 g/mol. The number of fused-ring (bicyclic) bond motifs is 3. The van der Waals surface area contributed by atoms with E-state index < -0.39 is 0 Å². The van der Waals surface area contributed by atoms with E-state index in [1.54, 1.807) is 13.0 Å². The molecule has 1 atom stereocenters. The van der Waals surface area contributed by atoms with Gasteiger partial charge in [0.2, 0.25) is 0 Å². The highest BCUT2D eigenvalue weighted by Gasteiger charge is 2.46. The summed E-state index contributed by atoms with van der Waals surface area (Å²) in [6.45, 7) is 4.89.